The van der Waals surface area contributed by atoms with Gasteiger partial charge in [0.25, 0.3) is 0 Å². The fourth-order valence-corrected chi connectivity index (χ4v) is 1.85. The zero-order valence-electron chi connectivity index (χ0n) is 19.7. The standard InChI is InChI=1S/C13H18N2O4.C6H13NO2.C3H6O2/c14-13(15,12(17)18)8-4-7-11(16)19-9-10-5-2-1-3-6-10;1-4(2)5(7)6(8)9-3;1-2-3(4)5/h1-3,5-6H,4,7-9,14-15H2,(H,17,18);4-5H,7H2,1-3H3;2H2,1H3,(H,4,5). The fourth-order valence-electron chi connectivity index (χ4n) is 1.85. The predicted octanol–water partition coefficient (Wildman–Crippen LogP) is 1.22. The van der Waals surface area contributed by atoms with E-state index < -0.39 is 29.6 Å². The molecule has 0 aliphatic heterocycles. The Balaban J connectivity index is 0. The minimum absolute atomic E-state index is 0.0166. The molecular weight excluding hydrogens is 434 g/mol. The highest BCUT2D eigenvalue weighted by Crippen LogP contribution is 2.08. The number of esters is 2. The maximum Gasteiger partial charge on any atom is 0.338 e. The molecule has 0 aliphatic rings. The Bertz CT molecular complexity index is 724. The van der Waals surface area contributed by atoms with Crippen LogP contribution in [0.2, 0.25) is 0 Å². The molecule has 0 heterocycles. The van der Waals surface area contributed by atoms with Gasteiger partial charge >= 0.3 is 23.9 Å². The van der Waals surface area contributed by atoms with Crippen molar-refractivity contribution in [3.8, 4) is 0 Å². The number of carboxylic acids is 2. The second-order valence-corrected chi connectivity index (χ2v) is 7.39. The van der Waals surface area contributed by atoms with Crippen LogP contribution in [0.4, 0.5) is 0 Å². The molecular formula is C22H37N3O8. The van der Waals surface area contributed by atoms with Crippen LogP contribution in [0.1, 0.15) is 52.0 Å². The summed E-state index contributed by atoms with van der Waals surface area (Å²) in [6, 6.07) is 8.81. The molecule has 1 unspecified atom stereocenters. The number of benzene rings is 1. The molecule has 1 rings (SSSR count). The number of hydrogen-bond acceptors (Lipinski definition) is 9. The van der Waals surface area contributed by atoms with Crippen molar-refractivity contribution in [3.63, 3.8) is 0 Å². The van der Waals surface area contributed by atoms with Gasteiger partial charge in [-0.15, -0.1) is 0 Å². The molecule has 8 N–H and O–H groups in total. The molecule has 11 heteroatoms. The van der Waals surface area contributed by atoms with E-state index in [1.54, 1.807) is 6.92 Å². The van der Waals surface area contributed by atoms with Crippen LogP contribution in [-0.4, -0.2) is 52.9 Å². The first-order chi connectivity index (χ1) is 15.3. The molecule has 0 saturated heterocycles. The first-order valence-corrected chi connectivity index (χ1v) is 10.3. The Labute approximate surface area is 194 Å². The summed E-state index contributed by atoms with van der Waals surface area (Å²) in [6.07, 6.45) is 0.603. The van der Waals surface area contributed by atoms with Crippen molar-refractivity contribution < 1.29 is 38.9 Å². The van der Waals surface area contributed by atoms with Gasteiger partial charge in [0.1, 0.15) is 12.6 Å². The van der Waals surface area contributed by atoms with Gasteiger partial charge in [-0.25, -0.2) is 4.79 Å². The maximum atomic E-state index is 11.4. The van der Waals surface area contributed by atoms with E-state index >= 15 is 0 Å². The van der Waals surface area contributed by atoms with E-state index in [9.17, 15) is 19.2 Å². The number of nitrogens with two attached hydrogens (primary N) is 3. The van der Waals surface area contributed by atoms with Crippen molar-refractivity contribution in [1.29, 1.82) is 0 Å². The lowest BCUT2D eigenvalue weighted by atomic mass is 10.1. The quantitative estimate of drug-likeness (QED) is 0.242. The highest BCUT2D eigenvalue weighted by molar-refractivity contribution is 5.77. The molecule has 0 radical (unpaired) electrons. The van der Waals surface area contributed by atoms with Crippen LogP contribution in [-0.2, 0) is 35.3 Å². The number of hydrogen-bond donors (Lipinski definition) is 5. The van der Waals surface area contributed by atoms with Gasteiger partial charge in [-0.3, -0.25) is 14.4 Å². The summed E-state index contributed by atoms with van der Waals surface area (Å²) < 4.78 is 9.44. The topological polar surface area (TPSA) is 205 Å². The van der Waals surface area contributed by atoms with E-state index in [1.807, 2.05) is 44.2 Å². The van der Waals surface area contributed by atoms with E-state index in [-0.39, 0.29) is 44.2 Å². The molecule has 11 nitrogen and oxygen atoms in total. The zero-order valence-corrected chi connectivity index (χ0v) is 19.7. The number of carbonyl (C=O) groups is 4. The van der Waals surface area contributed by atoms with Gasteiger partial charge in [-0.2, -0.15) is 0 Å². The van der Waals surface area contributed by atoms with Gasteiger partial charge in [-0.05, 0) is 24.3 Å². The first-order valence-electron chi connectivity index (χ1n) is 10.3. The molecule has 0 spiro atoms. The third kappa shape index (κ3) is 17.2. The average molecular weight is 472 g/mol. The van der Waals surface area contributed by atoms with E-state index in [4.69, 9.17) is 32.2 Å². The van der Waals surface area contributed by atoms with Crippen molar-refractivity contribution >= 4 is 23.9 Å². The van der Waals surface area contributed by atoms with Crippen LogP contribution >= 0.6 is 0 Å². The largest absolute Gasteiger partial charge is 0.481 e. The molecule has 0 aliphatic carbocycles. The van der Waals surface area contributed by atoms with E-state index in [1.165, 1.54) is 7.11 Å². The lowest BCUT2D eigenvalue weighted by Crippen LogP contribution is -2.56. The third-order valence-corrected chi connectivity index (χ3v) is 4.11. The van der Waals surface area contributed by atoms with Crippen molar-refractivity contribution in [2.45, 2.75) is 64.8 Å². The van der Waals surface area contributed by atoms with Gasteiger partial charge in [0.2, 0.25) is 0 Å². The van der Waals surface area contributed by atoms with Gasteiger partial charge in [0, 0.05) is 12.8 Å². The predicted molar refractivity (Wildman–Crippen MR) is 122 cm³/mol. The Morgan fingerprint density at radius 1 is 1.06 bits per heavy atom. The number of carbonyl (C=O) groups excluding carboxylic acids is 2. The van der Waals surface area contributed by atoms with Crippen LogP contribution in [0.25, 0.3) is 0 Å². The Kier molecular flexibility index (Phi) is 17.1. The van der Waals surface area contributed by atoms with E-state index in [0.717, 1.165) is 5.56 Å². The van der Waals surface area contributed by atoms with Crippen LogP contribution in [0.15, 0.2) is 30.3 Å². The molecule has 188 valence electrons. The number of aliphatic carboxylic acids is 2. The molecule has 1 aromatic rings. The van der Waals surface area contributed by atoms with Crippen molar-refractivity contribution in [2.24, 2.45) is 23.1 Å². The summed E-state index contributed by atoms with van der Waals surface area (Å²) in [6.45, 7) is 5.56. The third-order valence-electron chi connectivity index (χ3n) is 4.11. The summed E-state index contributed by atoms with van der Waals surface area (Å²) in [7, 11) is 1.34. The second-order valence-electron chi connectivity index (χ2n) is 7.39. The second kappa shape index (κ2) is 17.5. The van der Waals surface area contributed by atoms with Gasteiger partial charge < -0.3 is 36.9 Å². The van der Waals surface area contributed by atoms with Crippen molar-refractivity contribution in [2.75, 3.05) is 7.11 Å². The Morgan fingerprint density at radius 3 is 1.94 bits per heavy atom. The summed E-state index contributed by atoms with van der Waals surface area (Å²) in [5, 5.41) is 16.4. The summed E-state index contributed by atoms with van der Waals surface area (Å²) in [4.78, 5) is 42.0. The molecule has 1 aromatic carbocycles. The lowest BCUT2D eigenvalue weighted by Gasteiger charge is -2.18. The lowest BCUT2D eigenvalue weighted by molar-refractivity contribution is -0.147. The van der Waals surface area contributed by atoms with Gasteiger partial charge in [0.15, 0.2) is 5.66 Å². The molecule has 0 amide bonds. The maximum absolute atomic E-state index is 11.4. The molecule has 0 fully saturated rings. The van der Waals surface area contributed by atoms with Crippen molar-refractivity contribution in [1.82, 2.24) is 0 Å². The average Bonchev–Trinajstić information content (AvgIpc) is 2.77. The van der Waals surface area contributed by atoms with Crippen molar-refractivity contribution in [3.05, 3.63) is 35.9 Å². The van der Waals surface area contributed by atoms with Gasteiger partial charge in [-0.1, -0.05) is 51.1 Å². The number of ether oxygens (including phenoxy) is 2. The molecule has 33 heavy (non-hydrogen) atoms. The number of carboxylic acid groups (broad SMARTS) is 2. The van der Waals surface area contributed by atoms with E-state index in [0.29, 0.717) is 0 Å². The Morgan fingerprint density at radius 2 is 1.58 bits per heavy atom. The molecule has 0 saturated carbocycles. The summed E-state index contributed by atoms with van der Waals surface area (Å²) >= 11 is 0. The highest BCUT2D eigenvalue weighted by Gasteiger charge is 2.28. The van der Waals surface area contributed by atoms with Crippen LogP contribution in [0.3, 0.4) is 0 Å². The van der Waals surface area contributed by atoms with Crippen LogP contribution < -0.4 is 17.2 Å². The first kappa shape index (κ1) is 32.2. The molecule has 0 bridgehead atoms. The Hall–Kier alpha value is -3.02. The summed E-state index contributed by atoms with van der Waals surface area (Å²) in [5.74, 6) is -2.62. The van der Waals surface area contributed by atoms with Crippen LogP contribution in [0.5, 0.6) is 0 Å². The highest BCUT2D eigenvalue weighted by atomic mass is 16.5. The number of rotatable bonds is 10. The zero-order chi connectivity index (χ0) is 26.0. The minimum atomic E-state index is -1.79. The number of methoxy groups -OCH3 is 1. The van der Waals surface area contributed by atoms with E-state index in [2.05, 4.69) is 4.74 Å². The minimum Gasteiger partial charge on any atom is -0.481 e. The molecule has 1 atom stereocenters. The van der Waals surface area contributed by atoms with Crippen LogP contribution in [0, 0.1) is 5.92 Å². The monoisotopic (exact) mass is 471 g/mol. The molecule has 0 aromatic heterocycles. The van der Waals surface area contributed by atoms with Gasteiger partial charge in [0.05, 0.1) is 7.11 Å². The fraction of sp³-hybridized carbons (Fsp3) is 0.545. The SMILES string of the molecule is CCC(=O)O.COC(=O)C(N)C(C)C.NC(N)(CCCC(=O)OCc1ccccc1)C(=O)O. The summed E-state index contributed by atoms with van der Waals surface area (Å²) in [5.41, 5.74) is 15.2. The normalized spacial score (nSPS) is 11.2. The smallest absolute Gasteiger partial charge is 0.338 e.